The van der Waals surface area contributed by atoms with Crippen LogP contribution >= 0.6 is 0 Å². The summed E-state index contributed by atoms with van der Waals surface area (Å²) in [5, 5.41) is 19.4. The first-order valence-corrected chi connectivity index (χ1v) is 17.4. The summed E-state index contributed by atoms with van der Waals surface area (Å²) in [6.07, 6.45) is 0. The number of nitrogens with zero attached hydrogens (tertiary/aromatic N) is 4. The van der Waals surface area contributed by atoms with Gasteiger partial charge < -0.3 is 31.5 Å². The van der Waals surface area contributed by atoms with Crippen LogP contribution in [0.4, 0.5) is 34.4 Å². The van der Waals surface area contributed by atoms with Crippen LogP contribution in [0.2, 0.25) is 0 Å². The van der Waals surface area contributed by atoms with Crippen molar-refractivity contribution in [2.24, 2.45) is 0 Å². The molecular weight excluding hydrogens is 720 g/mol. The van der Waals surface area contributed by atoms with E-state index in [1.54, 1.807) is 60.3 Å². The summed E-state index contributed by atoms with van der Waals surface area (Å²) in [6, 6.07) is 25.5. The number of aromatic nitrogens is 4. The normalized spacial score (nSPS) is 15.4. The summed E-state index contributed by atoms with van der Waals surface area (Å²) in [5.74, 6) is -4.89. The Kier molecular flexibility index (Phi) is 8.25. The molecule has 0 radical (unpaired) electrons. The van der Waals surface area contributed by atoms with Crippen molar-refractivity contribution in [1.29, 1.82) is 0 Å². The quantitative estimate of drug-likeness (QED) is 0.129. The fourth-order valence-corrected chi connectivity index (χ4v) is 7.95. The number of hydrogen-bond donors (Lipinski definition) is 6. The molecule has 6 aromatic rings. The van der Waals surface area contributed by atoms with E-state index in [0.717, 1.165) is 22.3 Å². The molecule has 0 spiro atoms. The second-order valence-corrected chi connectivity index (χ2v) is 13.8. The maximum absolute atomic E-state index is 14.6. The van der Waals surface area contributed by atoms with Crippen molar-refractivity contribution in [3.63, 3.8) is 0 Å². The number of benzene rings is 4. The number of nitrogens with two attached hydrogens (primary N) is 2. The number of carboxylic acid groups (broad SMARTS) is 2. The number of rotatable bonds is 7. The minimum Gasteiger partial charge on any atom is -0.480 e. The van der Waals surface area contributed by atoms with Crippen molar-refractivity contribution in [3.8, 4) is 22.3 Å². The van der Waals surface area contributed by atoms with Gasteiger partial charge in [-0.25, -0.2) is 18.7 Å². The van der Waals surface area contributed by atoms with Gasteiger partial charge in [0.2, 0.25) is 0 Å². The van der Waals surface area contributed by atoms with Gasteiger partial charge >= 0.3 is 23.3 Å². The van der Waals surface area contributed by atoms with Crippen LogP contribution in [0, 0.1) is 0 Å². The molecule has 16 nitrogen and oxygen atoms in total. The summed E-state index contributed by atoms with van der Waals surface area (Å²) in [6.45, 7) is -1.88. The van der Waals surface area contributed by atoms with Crippen molar-refractivity contribution in [2.75, 3.05) is 35.4 Å². The van der Waals surface area contributed by atoms with Gasteiger partial charge in [-0.05, 0) is 69.8 Å². The third-order valence-electron chi connectivity index (χ3n) is 10.6. The molecule has 282 valence electrons. The molecule has 2 atom stereocenters. The zero-order valence-corrected chi connectivity index (χ0v) is 29.9. The lowest BCUT2D eigenvalue weighted by molar-refractivity contribution is -0.138. The van der Waals surface area contributed by atoms with Crippen molar-refractivity contribution >= 4 is 46.3 Å². The topological polar surface area (TPSA) is 243 Å². The number of carboxylic acids is 2. The van der Waals surface area contributed by atoms with E-state index >= 15 is 0 Å². The molecule has 2 aliphatic rings. The molecule has 0 amide bonds. The number of nitrogens with one attached hydrogen (secondary N) is 2. The van der Waals surface area contributed by atoms with E-state index in [-0.39, 0.29) is 22.8 Å². The fraction of sp³-hybridized carbons (Fsp3) is 0.150. The summed E-state index contributed by atoms with van der Waals surface area (Å²) >= 11 is 0. The number of aliphatic carboxylic acids is 2. The SMILES string of the molecule is CN1c2cc(-c3ccc(N)cc3)ccc2C(C2c3ccc(-c4ccc(N)cc4)cc3N(C)c3[nH]c(=O)n(CC(=O)O)c(=O)c32)c2c1[nH]c(=O)n(CC(=O)O)c2=O. The van der Waals surface area contributed by atoms with E-state index in [9.17, 15) is 39.0 Å². The average molecular weight is 755 g/mol. The summed E-state index contributed by atoms with van der Waals surface area (Å²) < 4.78 is 1.18. The molecule has 56 heavy (non-hydrogen) atoms. The predicted molar refractivity (Wildman–Crippen MR) is 210 cm³/mol. The van der Waals surface area contributed by atoms with Gasteiger partial charge in [-0.15, -0.1) is 0 Å². The smallest absolute Gasteiger partial charge is 0.330 e. The highest BCUT2D eigenvalue weighted by Crippen LogP contribution is 2.56. The molecule has 0 aliphatic carbocycles. The lowest BCUT2D eigenvalue weighted by Crippen LogP contribution is -2.46. The van der Waals surface area contributed by atoms with Crippen molar-refractivity contribution in [3.05, 3.63) is 149 Å². The molecule has 0 saturated heterocycles. The van der Waals surface area contributed by atoms with E-state index < -0.39 is 59.4 Å². The molecule has 2 aliphatic heterocycles. The van der Waals surface area contributed by atoms with Gasteiger partial charge in [0.15, 0.2) is 0 Å². The van der Waals surface area contributed by atoms with E-state index in [2.05, 4.69) is 9.97 Å². The predicted octanol–water partition coefficient (Wildman–Crippen LogP) is 3.18. The lowest BCUT2D eigenvalue weighted by Gasteiger charge is -2.42. The zero-order chi connectivity index (χ0) is 39.7. The molecule has 0 bridgehead atoms. The van der Waals surface area contributed by atoms with Crippen LogP contribution in [0.25, 0.3) is 22.3 Å². The molecule has 0 saturated carbocycles. The van der Waals surface area contributed by atoms with Crippen LogP contribution in [0.5, 0.6) is 0 Å². The monoisotopic (exact) mass is 754 g/mol. The largest absolute Gasteiger partial charge is 0.480 e. The minimum atomic E-state index is -1.42. The fourth-order valence-electron chi connectivity index (χ4n) is 7.95. The number of nitrogen functional groups attached to an aromatic ring is 2. The van der Waals surface area contributed by atoms with Gasteiger partial charge in [-0.3, -0.25) is 29.1 Å². The van der Waals surface area contributed by atoms with Crippen LogP contribution in [0.15, 0.2) is 104 Å². The molecule has 2 aromatic heterocycles. The maximum atomic E-state index is 14.6. The van der Waals surface area contributed by atoms with Gasteiger partial charge in [-0.1, -0.05) is 48.5 Å². The second kappa shape index (κ2) is 13.0. The number of carbonyl (C=O) groups is 2. The standard InChI is InChI=1S/C40H34N8O8/c1-45-27-15-21(19-3-9-23(41)10-4-19)7-13-25(27)31(33-35(45)43-39(55)47(37(33)53)17-29(49)50)32-26-14-8-22(20-5-11-24(42)12-6-20)16-28(26)46(2)36-34(32)38(54)48(18-30(51)52)40(56)44-36/h3-16,31-32H,17-18,41-42H2,1-2H3,(H,43,55)(H,44,56)(H,49,50)(H,51,52). The molecule has 4 aromatic carbocycles. The Hall–Kier alpha value is -7.62. The van der Waals surface area contributed by atoms with Crippen molar-refractivity contribution in [2.45, 2.75) is 24.9 Å². The van der Waals surface area contributed by atoms with E-state index in [1.165, 1.54) is 0 Å². The van der Waals surface area contributed by atoms with Crippen LogP contribution < -0.4 is 43.8 Å². The molecule has 8 rings (SSSR count). The number of fused-ring (bicyclic) bond motifs is 4. The zero-order valence-electron chi connectivity index (χ0n) is 29.9. The van der Waals surface area contributed by atoms with Gasteiger partial charge in [0.05, 0.1) is 11.1 Å². The Morgan fingerprint density at radius 2 is 0.911 bits per heavy atom. The van der Waals surface area contributed by atoms with Gasteiger partial charge in [0.1, 0.15) is 24.7 Å². The number of anilines is 6. The number of hydrogen-bond acceptors (Lipinski definition) is 10. The van der Waals surface area contributed by atoms with Crippen molar-refractivity contribution < 1.29 is 19.8 Å². The summed E-state index contributed by atoms with van der Waals surface area (Å²) in [7, 11) is 3.31. The van der Waals surface area contributed by atoms with E-state index in [1.807, 2.05) is 48.5 Å². The van der Waals surface area contributed by atoms with E-state index in [4.69, 9.17) is 11.5 Å². The maximum Gasteiger partial charge on any atom is 0.330 e. The van der Waals surface area contributed by atoms with Gasteiger partial charge in [0.25, 0.3) is 11.1 Å². The van der Waals surface area contributed by atoms with Crippen LogP contribution in [0.3, 0.4) is 0 Å². The Balaban J connectivity index is 1.47. The van der Waals surface area contributed by atoms with Crippen LogP contribution in [-0.4, -0.2) is 55.3 Å². The molecule has 8 N–H and O–H groups in total. The van der Waals surface area contributed by atoms with Crippen LogP contribution in [0.1, 0.15) is 34.1 Å². The second-order valence-electron chi connectivity index (χ2n) is 13.8. The molecule has 0 fully saturated rings. The Morgan fingerprint density at radius 1 is 0.571 bits per heavy atom. The first-order valence-electron chi connectivity index (χ1n) is 17.4. The summed E-state index contributed by atoms with van der Waals surface area (Å²) in [5.41, 5.74) is 14.7. The third kappa shape index (κ3) is 5.62. The highest BCUT2D eigenvalue weighted by molar-refractivity contribution is 5.84. The highest BCUT2D eigenvalue weighted by atomic mass is 16.4. The molecular formula is C40H34N8O8. The highest BCUT2D eigenvalue weighted by Gasteiger charge is 2.45. The molecule has 4 heterocycles. The minimum absolute atomic E-state index is 0.00877. The number of H-pyrrole nitrogens is 2. The Bertz CT molecular complexity index is 2680. The lowest BCUT2D eigenvalue weighted by atomic mass is 9.70. The average Bonchev–Trinajstić information content (AvgIpc) is 3.16. The van der Waals surface area contributed by atoms with E-state index in [0.29, 0.717) is 43.0 Å². The third-order valence-corrected chi connectivity index (χ3v) is 10.6. The Morgan fingerprint density at radius 3 is 1.25 bits per heavy atom. The van der Waals surface area contributed by atoms with Crippen LogP contribution in [-0.2, 0) is 22.7 Å². The number of aromatic amines is 2. The molecule has 16 heteroatoms. The first kappa shape index (κ1) is 35.4. The van der Waals surface area contributed by atoms with Gasteiger partial charge in [-0.2, -0.15) is 0 Å². The first-order chi connectivity index (χ1) is 26.7. The Labute approximate surface area is 316 Å². The van der Waals surface area contributed by atoms with Gasteiger partial charge in [0, 0.05) is 48.7 Å². The van der Waals surface area contributed by atoms with Crippen molar-refractivity contribution in [1.82, 2.24) is 19.1 Å². The molecule has 2 unspecified atom stereocenters. The summed E-state index contributed by atoms with van der Waals surface area (Å²) in [4.78, 5) is 88.7.